The molecule has 0 aliphatic carbocycles. The van der Waals surface area contributed by atoms with Gasteiger partial charge in [0, 0.05) is 38.4 Å². The lowest BCUT2D eigenvalue weighted by Gasteiger charge is -2.11. The molecule has 12 rings (SSSR count). The van der Waals surface area contributed by atoms with Gasteiger partial charge < -0.3 is 4.57 Å². The second kappa shape index (κ2) is 14.7. The highest BCUT2D eigenvalue weighted by Gasteiger charge is 2.24. The smallest absolute Gasteiger partial charge is 0.238 e. The number of para-hydroxylation sites is 1. The summed E-state index contributed by atoms with van der Waals surface area (Å²) in [6.45, 7) is 0. The molecule has 290 valence electrons. The molecule has 3 heterocycles. The van der Waals surface area contributed by atoms with Crippen LogP contribution in [0.5, 0.6) is 0 Å². The molecule has 0 amide bonds. The van der Waals surface area contributed by atoms with Gasteiger partial charge in [-0.3, -0.25) is 4.57 Å². The van der Waals surface area contributed by atoms with Gasteiger partial charge in [0.2, 0.25) is 5.95 Å². The van der Waals surface area contributed by atoms with Crippen molar-refractivity contribution in [3.63, 3.8) is 0 Å². The highest BCUT2D eigenvalue weighted by molar-refractivity contribution is 6.26. The van der Waals surface area contributed by atoms with Gasteiger partial charge in [0.1, 0.15) is 0 Å². The van der Waals surface area contributed by atoms with E-state index in [9.17, 15) is 0 Å². The number of fused-ring (bicyclic) bond motifs is 7. The third kappa shape index (κ3) is 5.98. The van der Waals surface area contributed by atoms with E-state index < -0.39 is 0 Å². The van der Waals surface area contributed by atoms with Crippen LogP contribution in [0.4, 0.5) is 0 Å². The van der Waals surface area contributed by atoms with Crippen molar-refractivity contribution in [1.29, 1.82) is 0 Å². The Kier molecular flexibility index (Phi) is 8.42. The van der Waals surface area contributed by atoms with Crippen molar-refractivity contribution in [1.82, 2.24) is 24.1 Å². The maximum absolute atomic E-state index is 5.26. The minimum absolute atomic E-state index is 0.562. The molecule has 62 heavy (non-hydrogen) atoms. The second-order valence-electron chi connectivity index (χ2n) is 15.7. The Balaban J connectivity index is 1.18. The Hall–Kier alpha value is -8.41. The van der Waals surface area contributed by atoms with Crippen LogP contribution < -0.4 is 0 Å². The highest BCUT2D eigenvalue weighted by Crippen LogP contribution is 2.44. The van der Waals surface area contributed by atoms with Crippen molar-refractivity contribution in [2.45, 2.75) is 0 Å². The predicted octanol–water partition coefficient (Wildman–Crippen LogP) is 14.4. The summed E-state index contributed by atoms with van der Waals surface area (Å²) < 4.78 is 4.67. The van der Waals surface area contributed by atoms with Crippen LogP contribution >= 0.6 is 0 Å². The molecule has 9 aromatic carbocycles. The summed E-state index contributed by atoms with van der Waals surface area (Å²) in [4.78, 5) is 15.6. The van der Waals surface area contributed by atoms with Crippen molar-refractivity contribution >= 4 is 43.6 Å². The van der Waals surface area contributed by atoms with Gasteiger partial charge in [-0.05, 0) is 81.9 Å². The first-order chi connectivity index (χ1) is 30.7. The van der Waals surface area contributed by atoms with Crippen LogP contribution in [0.25, 0.3) is 111 Å². The zero-order valence-electron chi connectivity index (χ0n) is 33.6. The molecule has 0 saturated carbocycles. The molecular weight excluding hydrogens is 755 g/mol. The molecule has 0 unspecified atom stereocenters. The third-order valence-corrected chi connectivity index (χ3v) is 12.0. The summed E-state index contributed by atoms with van der Waals surface area (Å²) in [5, 5.41) is 4.61. The van der Waals surface area contributed by atoms with Gasteiger partial charge in [-0.25, -0.2) is 4.98 Å². The fourth-order valence-electron chi connectivity index (χ4n) is 9.07. The van der Waals surface area contributed by atoms with E-state index >= 15 is 0 Å². The SMILES string of the molecule is c1ccc(-c2cccc(-c3ccc4c(c3)c3ccc5c(c6cc(-c7ccccc7)ccc6n5-c5nc(-c6ccccc6)nc(-c6ccccc6)n5)c3n4-c3ccccc3)c2)cc1. The lowest BCUT2D eigenvalue weighted by Crippen LogP contribution is -2.06. The molecule has 0 N–H and O–H groups in total. The first-order valence-electron chi connectivity index (χ1n) is 20.9. The summed E-state index contributed by atoms with van der Waals surface area (Å²) in [6, 6.07) is 79.4. The van der Waals surface area contributed by atoms with E-state index in [2.05, 4.69) is 197 Å². The maximum atomic E-state index is 5.26. The summed E-state index contributed by atoms with van der Waals surface area (Å²) >= 11 is 0. The Morgan fingerprint density at radius 3 is 1.29 bits per heavy atom. The van der Waals surface area contributed by atoms with Crippen LogP contribution in [0.15, 0.2) is 224 Å². The first-order valence-corrected chi connectivity index (χ1v) is 20.9. The number of rotatable bonds is 7. The topological polar surface area (TPSA) is 48.5 Å². The molecule has 0 spiro atoms. The third-order valence-electron chi connectivity index (χ3n) is 12.0. The van der Waals surface area contributed by atoms with E-state index in [1.807, 2.05) is 36.4 Å². The first kappa shape index (κ1) is 35.5. The zero-order valence-corrected chi connectivity index (χ0v) is 33.6. The second-order valence-corrected chi connectivity index (χ2v) is 15.7. The van der Waals surface area contributed by atoms with Crippen LogP contribution in [0.2, 0.25) is 0 Å². The van der Waals surface area contributed by atoms with E-state index in [-0.39, 0.29) is 0 Å². The molecule has 5 nitrogen and oxygen atoms in total. The molecule has 3 aromatic heterocycles. The van der Waals surface area contributed by atoms with Crippen LogP contribution in [0, 0.1) is 0 Å². The van der Waals surface area contributed by atoms with E-state index in [1.54, 1.807) is 0 Å². The van der Waals surface area contributed by atoms with Gasteiger partial charge in [-0.1, -0.05) is 176 Å². The minimum Gasteiger partial charge on any atom is -0.309 e. The normalized spacial score (nSPS) is 11.5. The number of aromatic nitrogens is 5. The van der Waals surface area contributed by atoms with Gasteiger partial charge in [0.15, 0.2) is 11.6 Å². The van der Waals surface area contributed by atoms with E-state index in [1.165, 1.54) is 33.0 Å². The van der Waals surface area contributed by atoms with Crippen LogP contribution in [-0.2, 0) is 0 Å². The molecule has 0 radical (unpaired) electrons. The predicted molar refractivity (Wildman–Crippen MR) is 256 cm³/mol. The fraction of sp³-hybridized carbons (Fsp3) is 0. The summed E-state index contributed by atoms with van der Waals surface area (Å²) in [7, 11) is 0. The number of hydrogen-bond donors (Lipinski definition) is 0. The molecule has 0 bridgehead atoms. The molecular formula is C57H37N5. The summed E-state index contributed by atoms with van der Waals surface area (Å²) in [5.41, 5.74) is 14.3. The lowest BCUT2D eigenvalue weighted by atomic mass is 9.98. The Labute approximate surface area is 358 Å². The number of benzene rings is 9. The van der Waals surface area contributed by atoms with E-state index in [4.69, 9.17) is 15.0 Å². The minimum atomic E-state index is 0.562. The standard InChI is InChI=1S/C57H37N5/c1-6-17-38(18-7-1)42-25-16-26-43(35-42)45-30-32-50-48(36-45)47-31-34-52-53(54(47)61(50)46-27-14-5-15-28-46)49-37-44(39-19-8-2-9-20-39)29-33-51(49)62(52)57-59-55(40-21-10-3-11-22-40)58-56(60-57)41-23-12-4-13-24-41/h1-37H. The molecule has 0 aliphatic rings. The average Bonchev–Trinajstić information content (AvgIpc) is 3.87. The van der Waals surface area contributed by atoms with Crippen molar-refractivity contribution in [3.05, 3.63) is 224 Å². The Morgan fingerprint density at radius 1 is 0.274 bits per heavy atom. The Morgan fingerprint density at radius 2 is 0.710 bits per heavy atom. The van der Waals surface area contributed by atoms with E-state index in [0.29, 0.717) is 17.6 Å². The van der Waals surface area contributed by atoms with Gasteiger partial charge in [0.05, 0.1) is 22.1 Å². The number of hydrogen-bond acceptors (Lipinski definition) is 3. The molecule has 0 aliphatic heterocycles. The maximum Gasteiger partial charge on any atom is 0.238 e. The van der Waals surface area contributed by atoms with Crippen LogP contribution in [0.1, 0.15) is 0 Å². The van der Waals surface area contributed by atoms with Gasteiger partial charge in [0.25, 0.3) is 0 Å². The van der Waals surface area contributed by atoms with Crippen LogP contribution in [0.3, 0.4) is 0 Å². The largest absolute Gasteiger partial charge is 0.309 e. The lowest BCUT2D eigenvalue weighted by molar-refractivity contribution is 0.953. The monoisotopic (exact) mass is 791 g/mol. The van der Waals surface area contributed by atoms with E-state index in [0.717, 1.165) is 60.8 Å². The van der Waals surface area contributed by atoms with Crippen molar-refractivity contribution in [3.8, 4) is 67.8 Å². The quantitative estimate of drug-likeness (QED) is 0.162. The van der Waals surface area contributed by atoms with Gasteiger partial charge >= 0.3 is 0 Å². The molecule has 0 fully saturated rings. The van der Waals surface area contributed by atoms with Crippen molar-refractivity contribution in [2.24, 2.45) is 0 Å². The van der Waals surface area contributed by atoms with Crippen molar-refractivity contribution < 1.29 is 0 Å². The molecule has 5 heteroatoms. The van der Waals surface area contributed by atoms with Crippen molar-refractivity contribution in [2.75, 3.05) is 0 Å². The zero-order chi connectivity index (χ0) is 41.0. The summed E-state index contributed by atoms with van der Waals surface area (Å²) in [5.74, 6) is 1.80. The van der Waals surface area contributed by atoms with Crippen LogP contribution in [-0.4, -0.2) is 24.1 Å². The highest BCUT2D eigenvalue weighted by atomic mass is 15.2. The Bertz CT molecular complexity index is 3540. The fourth-order valence-corrected chi connectivity index (χ4v) is 9.07. The molecule has 0 atom stereocenters. The van der Waals surface area contributed by atoms with Gasteiger partial charge in [-0.15, -0.1) is 0 Å². The summed E-state index contributed by atoms with van der Waals surface area (Å²) in [6.07, 6.45) is 0. The molecule has 0 saturated heterocycles. The van der Waals surface area contributed by atoms with Gasteiger partial charge in [-0.2, -0.15) is 9.97 Å². The molecule has 12 aromatic rings. The average molecular weight is 792 g/mol. The number of nitrogens with zero attached hydrogens (tertiary/aromatic N) is 5.